The predicted octanol–water partition coefficient (Wildman–Crippen LogP) is 1.40. The second kappa shape index (κ2) is 2.44. The zero-order chi connectivity index (χ0) is 7.56. The molecular formula is C7H5FN2. The van der Waals surface area contributed by atoms with E-state index in [1.807, 2.05) is 0 Å². The van der Waals surface area contributed by atoms with E-state index in [0.717, 1.165) is 6.07 Å². The summed E-state index contributed by atoms with van der Waals surface area (Å²) in [5.41, 5.74) is 0.647. The summed E-state index contributed by atoms with van der Waals surface area (Å²) in [6.07, 6.45) is 0. The minimum absolute atomic E-state index is 0.123. The molecule has 0 amide bonds. The zero-order valence-corrected chi connectivity index (χ0v) is 5.43. The summed E-state index contributed by atoms with van der Waals surface area (Å²) in [5.74, 6) is -0.413. The van der Waals surface area contributed by atoms with Crippen LogP contribution in [0.4, 0.5) is 4.39 Å². The van der Waals surface area contributed by atoms with Crippen LogP contribution in [0, 0.1) is 24.1 Å². The topological polar surface area (TPSA) is 36.7 Å². The monoisotopic (exact) mass is 136 g/mol. The highest BCUT2D eigenvalue weighted by Gasteiger charge is 1.96. The van der Waals surface area contributed by atoms with Crippen molar-refractivity contribution < 1.29 is 4.39 Å². The molecule has 1 rings (SSSR count). The summed E-state index contributed by atoms with van der Waals surface area (Å²) in [5, 5.41) is 8.31. The first-order valence-electron chi connectivity index (χ1n) is 2.76. The first kappa shape index (κ1) is 6.69. The molecular weight excluding hydrogens is 131 g/mol. The number of rotatable bonds is 0. The molecule has 0 spiro atoms. The maximum Gasteiger partial charge on any atom is 0.143 e. The molecule has 2 nitrogen and oxygen atoms in total. The molecule has 0 aliphatic rings. The normalized spacial score (nSPS) is 8.90. The van der Waals surface area contributed by atoms with E-state index in [1.165, 1.54) is 6.07 Å². The minimum atomic E-state index is -0.413. The van der Waals surface area contributed by atoms with Crippen LogP contribution in [0.5, 0.6) is 0 Å². The van der Waals surface area contributed by atoms with E-state index < -0.39 is 5.82 Å². The van der Waals surface area contributed by atoms with Gasteiger partial charge in [-0.05, 0) is 13.0 Å². The summed E-state index contributed by atoms with van der Waals surface area (Å²) in [6, 6.07) is 4.14. The van der Waals surface area contributed by atoms with Crippen molar-refractivity contribution in [1.29, 1.82) is 5.26 Å². The summed E-state index contributed by atoms with van der Waals surface area (Å²) in [4.78, 5) is 3.75. The van der Waals surface area contributed by atoms with Gasteiger partial charge in [-0.3, -0.25) is 0 Å². The van der Waals surface area contributed by atoms with Crippen molar-refractivity contribution >= 4 is 0 Å². The van der Waals surface area contributed by atoms with Crippen molar-refractivity contribution in [2.75, 3.05) is 0 Å². The number of aromatic nitrogens is 1. The van der Waals surface area contributed by atoms with Crippen molar-refractivity contribution in [1.82, 2.24) is 4.98 Å². The Hall–Kier alpha value is -1.43. The van der Waals surface area contributed by atoms with Crippen molar-refractivity contribution in [2.24, 2.45) is 0 Å². The molecule has 1 aromatic heterocycles. The Balaban J connectivity index is 3.22. The van der Waals surface area contributed by atoms with Gasteiger partial charge >= 0.3 is 0 Å². The lowest BCUT2D eigenvalue weighted by Crippen LogP contribution is -1.87. The first-order valence-corrected chi connectivity index (χ1v) is 2.76. The second-order valence-corrected chi connectivity index (χ2v) is 1.92. The van der Waals surface area contributed by atoms with Gasteiger partial charge in [0.05, 0.1) is 0 Å². The molecule has 0 saturated carbocycles. The van der Waals surface area contributed by atoms with E-state index in [0.29, 0.717) is 5.69 Å². The number of pyridine rings is 1. The lowest BCUT2D eigenvalue weighted by Gasteiger charge is -1.91. The molecule has 0 aliphatic heterocycles. The molecule has 0 aliphatic carbocycles. The fourth-order valence-electron chi connectivity index (χ4n) is 0.684. The highest BCUT2D eigenvalue weighted by molar-refractivity contribution is 5.22. The molecule has 0 atom stereocenters. The summed E-state index contributed by atoms with van der Waals surface area (Å²) >= 11 is 0. The average Bonchev–Trinajstić information content (AvgIpc) is 1.85. The van der Waals surface area contributed by atoms with Gasteiger partial charge in [0.15, 0.2) is 0 Å². The quantitative estimate of drug-likeness (QED) is 0.540. The van der Waals surface area contributed by atoms with E-state index in [1.54, 1.807) is 13.0 Å². The number of nitrogens with zero attached hydrogens (tertiary/aromatic N) is 2. The highest BCUT2D eigenvalue weighted by Crippen LogP contribution is 2.01. The molecule has 3 heteroatoms. The summed E-state index contributed by atoms with van der Waals surface area (Å²) in [7, 11) is 0. The molecule has 0 radical (unpaired) electrons. The van der Waals surface area contributed by atoms with Gasteiger partial charge in [0.1, 0.15) is 17.6 Å². The van der Waals surface area contributed by atoms with E-state index in [4.69, 9.17) is 5.26 Å². The van der Waals surface area contributed by atoms with Crippen molar-refractivity contribution in [3.63, 3.8) is 0 Å². The molecule has 0 saturated heterocycles. The summed E-state index contributed by atoms with van der Waals surface area (Å²) in [6.45, 7) is 1.64. The number of hydrogen-bond donors (Lipinski definition) is 0. The molecule has 1 aromatic rings. The SMILES string of the molecule is Cc1cc(F)cc(C#N)n1. The van der Waals surface area contributed by atoms with Gasteiger partial charge < -0.3 is 0 Å². The molecule has 50 valence electrons. The maximum atomic E-state index is 12.4. The van der Waals surface area contributed by atoms with E-state index in [-0.39, 0.29) is 5.69 Å². The molecule has 10 heavy (non-hydrogen) atoms. The second-order valence-electron chi connectivity index (χ2n) is 1.92. The van der Waals surface area contributed by atoms with Crippen LogP contribution in [-0.4, -0.2) is 4.98 Å². The number of halogens is 1. The van der Waals surface area contributed by atoms with Gasteiger partial charge in [0.25, 0.3) is 0 Å². The fraction of sp³-hybridized carbons (Fsp3) is 0.143. The van der Waals surface area contributed by atoms with Crippen LogP contribution in [0.3, 0.4) is 0 Å². The van der Waals surface area contributed by atoms with Gasteiger partial charge in [0.2, 0.25) is 0 Å². The molecule has 0 unspecified atom stereocenters. The third kappa shape index (κ3) is 1.29. The minimum Gasteiger partial charge on any atom is -0.242 e. The van der Waals surface area contributed by atoms with E-state index in [2.05, 4.69) is 4.98 Å². The van der Waals surface area contributed by atoms with Gasteiger partial charge in [-0.25, -0.2) is 9.37 Å². The lowest BCUT2D eigenvalue weighted by molar-refractivity contribution is 0.623. The third-order valence-electron chi connectivity index (χ3n) is 1.03. The van der Waals surface area contributed by atoms with Crippen LogP contribution in [0.25, 0.3) is 0 Å². The van der Waals surface area contributed by atoms with Crippen LogP contribution >= 0.6 is 0 Å². The Morgan fingerprint density at radius 1 is 1.60 bits per heavy atom. The molecule has 0 aromatic carbocycles. The Bertz CT molecular complexity index is 268. The number of aryl methyl sites for hydroxylation is 1. The van der Waals surface area contributed by atoms with Crippen LogP contribution < -0.4 is 0 Å². The first-order chi connectivity index (χ1) is 4.72. The van der Waals surface area contributed by atoms with Crippen molar-refractivity contribution in [3.05, 3.63) is 29.3 Å². The van der Waals surface area contributed by atoms with Gasteiger partial charge in [-0.15, -0.1) is 0 Å². The van der Waals surface area contributed by atoms with Crippen LogP contribution in [0.2, 0.25) is 0 Å². The Morgan fingerprint density at radius 3 is 2.80 bits per heavy atom. The third-order valence-corrected chi connectivity index (χ3v) is 1.03. The molecule has 0 bridgehead atoms. The molecule has 0 N–H and O–H groups in total. The number of hydrogen-bond acceptors (Lipinski definition) is 2. The van der Waals surface area contributed by atoms with Crippen LogP contribution in [0.1, 0.15) is 11.4 Å². The van der Waals surface area contributed by atoms with Gasteiger partial charge in [0, 0.05) is 11.8 Å². The number of nitriles is 1. The summed E-state index contributed by atoms with van der Waals surface area (Å²) < 4.78 is 12.4. The predicted molar refractivity (Wildman–Crippen MR) is 33.6 cm³/mol. The van der Waals surface area contributed by atoms with E-state index in [9.17, 15) is 4.39 Å². The average molecular weight is 136 g/mol. The Morgan fingerprint density at radius 2 is 2.30 bits per heavy atom. The lowest BCUT2D eigenvalue weighted by atomic mass is 10.3. The highest BCUT2D eigenvalue weighted by atomic mass is 19.1. The Labute approximate surface area is 57.9 Å². The molecule has 0 fully saturated rings. The van der Waals surface area contributed by atoms with Crippen LogP contribution in [0.15, 0.2) is 12.1 Å². The Kier molecular flexibility index (Phi) is 1.63. The van der Waals surface area contributed by atoms with E-state index >= 15 is 0 Å². The standard InChI is InChI=1S/C7H5FN2/c1-5-2-6(8)3-7(4-9)10-5/h2-3H,1H3. The van der Waals surface area contributed by atoms with Gasteiger partial charge in [-0.2, -0.15) is 5.26 Å². The van der Waals surface area contributed by atoms with Crippen LogP contribution in [-0.2, 0) is 0 Å². The van der Waals surface area contributed by atoms with Crippen molar-refractivity contribution in [2.45, 2.75) is 6.92 Å². The zero-order valence-electron chi connectivity index (χ0n) is 5.43. The maximum absolute atomic E-state index is 12.4. The largest absolute Gasteiger partial charge is 0.242 e. The van der Waals surface area contributed by atoms with Gasteiger partial charge in [-0.1, -0.05) is 0 Å². The fourth-order valence-corrected chi connectivity index (χ4v) is 0.684. The molecule has 1 heterocycles. The smallest absolute Gasteiger partial charge is 0.143 e. The van der Waals surface area contributed by atoms with Crippen molar-refractivity contribution in [3.8, 4) is 6.07 Å².